The zero-order chi connectivity index (χ0) is 21.4. The second-order valence-electron chi connectivity index (χ2n) is 6.57. The molecule has 0 saturated heterocycles. The van der Waals surface area contributed by atoms with Gasteiger partial charge in [-0.25, -0.2) is 14.8 Å². The number of carboxylic acids is 2. The monoisotopic (exact) mass is 407 g/mol. The molecule has 0 aromatic carbocycles. The number of hydrogen-bond acceptors (Lipinski definition) is 7. The molecule has 2 aromatic heterocycles. The molecule has 0 bridgehead atoms. The molecule has 0 aliphatic carbocycles. The fourth-order valence-electron chi connectivity index (χ4n) is 2.84. The molecule has 0 fully saturated rings. The Morgan fingerprint density at radius 1 is 1.00 bits per heavy atom. The number of carbonyl (C=O) groups is 3. The molecule has 0 spiro atoms. The summed E-state index contributed by atoms with van der Waals surface area (Å²) in [5.74, 6) is -2.95. The van der Waals surface area contributed by atoms with Crippen LogP contribution in [-0.4, -0.2) is 79.2 Å². The Morgan fingerprint density at radius 2 is 1.55 bits per heavy atom. The Morgan fingerprint density at radius 3 is 1.97 bits per heavy atom. The number of likely N-dealkylation sites (N-methyl/N-ethyl adjacent to an activating group) is 1. The number of carbonyl (C=O) groups excluding carboxylic acids is 1. The Bertz CT molecular complexity index is 793. The van der Waals surface area contributed by atoms with E-state index < -0.39 is 42.0 Å². The van der Waals surface area contributed by atoms with Crippen LogP contribution in [0.1, 0.15) is 18.3 Å². The summed E-state index contributed by atoms with van der Waals surface area (Å²) < 4.78 is 0. The lowest BCUT2D eigenvalue weighted by molar-refractivity contribution is -0.144. The molecule has 7 N–H and O–H groups in total. The van der Waals surface area contributed by atoms with Crippen molar-refractivity contribution in [2.45, 2.75) is 43.9 Å². The van der Waals surface area contributed by atoms with Gasteiger partial charge in [-0.15, -0.1) is 0 Å². The van der Waals surface area contributed by atoms with E-state index in [2.05, 4.69) is 35.9 Å². The molecule has 158 valence electrons. The number of aromatic nitrogens is 4. The molecule has 1 unspecified atom stereocenters. The van der Waals surface area contributed by atoms with E-state index in [0.717, 1.165) is 0 Å². The van der Waals surface area contributed by atoms with Crippen molar-refractivity contribution in [2.24, 2.45) is 0 Å². The first kappa shape index (κ1) is 22.0. The van der Waals surface area contributed by atoms with Gasteiger partial charge in [0.1, 0.15) is 12.1 Å². The predicted molar refractivity (Wildman–Crippen MR) is 101 cm³/mol. The first-order valence-electron chi connectivity index (χ1n) is 8.95. The quantitative estimate of drug-likeness (QED) is 0.220. The van der Waals surface area contributed by atoms with Crippen LogP contribution in [0.3, 0.4) is 0 Å². The van der Waals surface area contributed by atoms with Crippen molar-refractivity contribution < 1.29 is 24.6 Å². The van der Waals surface area contributed by atoms with E-state index in [1.165, 1.54) is 25.8 Å². The lowest BCUT2D eigenvalue weighted by Crippen LogP contribution is -2.59. The minimum absolute atomic E-state index is 0.0823. The zero-order valence-electron chi connectivity index (χ0n) is 16.0. The average Bonchev–Trinajstić information content (AvgIpc) is 3.36. The van der Waals surface area contributed by atoms with Crippen LogP contribution in [-0.2, 0) is 27.2 Å². The first-order chi connectivity index (χ1) is 13.8. The van der Waals surface area contributed by atoms with Crippen molar-refractivity contribution in [3.05, 3.63) is 36.4 Å². The van der Waals surface area contributed by atoms with Crippen molar-refractivity contribution in [1.29, 1.82) is 0 Å². The molecule has 4 atom stereocenters. The molecular weight excluding hydrogens is 382 g/mol. The van der Waals surface area contributed by atoms with E-state index in [-0.39, 0.29) is 12.8 Å². The molecule has 0 aliphatic heterocycles. The van der Waals surface area contributed by atoms with Gasteiger partial charge in [0.2, 0.25) is 5.91 Å². The Balaban J connectivity index is 2.03. The van der Waals surface area contributed by atoms with Gasteiger partial charge < -0.3 is 30.8 Å². The second kappa shape index (κ2) is 10.3. The summed E-state index contributed by atoms with van der Waals surface area (Å²) in [6, 6.07) is -3.94. The third-order valence-electron chi connectivity index (χ3n) is 4.45. The molecule has 0 radical (unpaired) electrons. The van der Waals surface area contributed by atoms with Crippen LogP contribution in [0.15, 0.2) is 25.0 Å². The highest BCUT2D eigenvalue weighted by molar-refractivity contribution is 5.87. The normalized spacial score (nSPS) is 15.2. The number of aromatic amines is 2. The number of imidazole rings is 2. The van der Waals surface area contributed by atoms with Gasteiger partial charge in [0.05, 0.1) is 18.7 Å². The van der Waals surface area contributed by atoms with Gasteiger partial charge in [-0.1, -0.05) is 0 Å². The van der Waals surface area contributed by atoms with Gasteiger partial charge in [-0.05, 0) is 14.0 Å². The SMILES string of the molecule is CN[C@@H](Cc1cnc[nH]1)C(=O)N[C@H](C(=O)O)C(C)N[C@@H](Cc1cnc[nH]1)C(=O)O. The third-order valence-corrected chi connectivity index (χ3v) is 4.45. The second-order valence-corrected chi connectivity index (χ2v) is 6.57. The van der Waals surface area contributed by atoms with Crippen molar-refractivity contribution in [2.75, 3.05) is 7.05 Å². The van der Waals surface area contributed by atoms with Gasteiger partial charge >= 0.3 is 11.9 Å². The maximum Gasteiger partial charge on any atom is 0.327 e. The van der Waals surface area contributed by atoms with E-state index in [4.69, 9.17) is 0 Å². The summed E-state index contributed by atoms with van der Waals surface area (Å²) in [6.45, 7) is 1.51. The minimum atomic E-state index is -1.33. The lowest BCUT2D eigenvalue weighted by Gasteiger charge is -2.27. The maximum atomic E-state index is 12.6. The van der Waals surface area contributed by atoms with Crippen LogP contribution in [0.4, 0.5) is 0 Å². The van der Waals surface area contributed by atoms with Crippen LogP contribution >= 0.6 is 0 Å². The molecule has 0 aliphatic rings. The number of H-pyrrole nitrogens is 2. The highest BCUT2D eigenvalue weighted by Gasteiger charge is 2.32. The fourth-order valence-corrected chi connectivity index (χ4v) is 2.84. The first-order valence-corrected chi connectivity index (χ1v) is 8.95. The summed E-state index contributed by atoms with van der Waals surface area (Å²) >= 11 is 0. The van der Waals surface area contributed by atoms with Gasteiger partial charge in [0.25, 0.3) is 0 Å². The summed E-state index contributed by atoms with van der Waals surface area (Å²) in [5, 5.41) is 27.1. The molecule has 0 saturated carbocycles. The standard InChI is InChI=1S/C17H25N7O5/c1-9(23-13(16(26)27)4-11-6-20-8-22-11)14(17(28)29)24-15(25)12(18-2)3-10-5-19-7-21-10/h5-9,12-14,18,23H,3-4H2,1-2H3,(H,19,21)(H,20,22)(H,24,25)(H,26,27)(H,28,29)/t9?,12-,13-,14-/m0/s1. The van der Waals surface area contributed by atoms with Crippen LogP contribution < -0.4 is 16.0 Å². The van der Waals surface area contributed by atoms with Crippen molar-refractivity contribution in [3.63, 3.8) is 0 Å². The largest absolute Gasteiger partial charge is 0.480 e. The number of rotatable bonds is 12. The zero-order valence-corrected chi connectivity index (χ0v) is 16.0. The third kappa shape index (κ3) is 6.40. The number of amides is 1. The summed E-state index contributed by atoms with van der Waals surface area (Å²) in [5.41, 5.74) is 1.30. The fraction of sp³-hybridized carbons (Fsp3) is 0.471. The van der Waals surface area contributed by atoms with Crippen LogP contribution in [0.2, 0.25) is 0 Å². The molecular formula is C17H25N7O5. The van der Waals surface area contributed by atoms with E-state index in [1.54, 1.807) is 13.2 Å². The minimum Gasteiger partial charge on any atom is -0.480 e. The number of nitrogens with one attached hydrogen (secondary N) is 5. The molecule has 2 heterocycles. The van der Waals surface area contributed by atoms with Gasteiger partial charge in [-0.2, -0.15) is 0 Å². The van der Waals surface area contributed by atoms with Gasteiger partial charge in [0, 0.05) is 42.7 Å². The average molecular weight is 407 g/mol. The molecule has 2 aromatic rings. The van der Waals surface area contributed by atoms with E-state index in [0.29, 0.717) is 11.4 Å². The van der Waals surface area contributed by atoms with Crippen molar-refractivity contribution in [1.82, 2.24) is 35.9 Å². The lowest BCUT2D eigenvalue weighted by atomic mass is 10.0. The highest BCUT2D eigenvalue weighted by atomic mass is 16.4. The summed E-state index contributed by atoms with van der Waals surface area (Å²) in [4.78, 5) is 49.2. The number of nitrogens with zero attached hydrogens (tertiary/aromatic N) is 2. The van der Waals surface area contributed by atoms with Gasteiger partial charge in [0.15, 0.2) is 0 Å². The van der Waals surface area contributed by atoms with E-state index in [9.17, 15) is 24.6 Å². The number of aliphatic carboxylic acids is 2. The Labute approximate surface area is 166 Å². The van der Waals surface area contributed by atoms with E-state index in [1.807, 2.05) is 0 Å². The molecule has 12 nitrogen and oxygen atoms in total. The van der Waals surface area contributed by atoms with Crippen LogP contribution in [0.5, 0.6) is 0 Å². The number of hydrogen-bond donors (Lipinski definition) is 7. The molecule has 29 heavy (non-hydrogen) atoms. The Hall–Kier alpha value is -3.25. The van der Waals surface area contributed by atoms with Crippen LogP contribution in [0, 0.1) is 0 Å². The topological polar surface area (TPSA) is 185 Å². The molecule has 1 amide bonds. The van der Waals surface area contributed by atoms with E-state index >= 15 is 0 Å². The number of carboxylic acid groups (broad SMARTS) is 2. The highest BCUT2D eigenvalue weighted by Crippen LogP contribution is 2.05. The summed E-state index contributed by atoms with van der Waals surface area (Å²) in [7, 11) is 1.59. The maximum absolute atomic E-state index is 12.6. The van der Waals surface area contributed by atoms with Crippen molar-refractivity contribution in [3.8, 4) is 0 Å². The Kier molecular flexibility index (Phi) is 7.86. The summed E-state index contributed by atoms with van der Waals surface area (Å²) in [6.07, 6.45) is 6.34. The van der Waals surface area contributed by atoms with Gasteiger partial charge in [-0.3, -0.25) is 14.9 Å². The molecule has 12 heteroatoms. The smallest absolute Gasteiger partial charge is 0.327 e. The van der Waals surface area contributed by atoms with Crippen LogP contribution in [0.25, 0.3) is 0 Å². The molecule has 2 rings (SSSR count). The predicted octanol–water partition coefficient (Wildman–Crippen LogP) is -1.49. The van der Waals surface area contributed by atoms with Crippen molar-refractivity contribution >= 4 is 17.8 Å².